The monoisotopic (exact) mass is 257 g/mol. The normalized spacial score (nSPS) is 16.5. The van der Waals surface area contributed by atoms with Gasteiger partial charge in [0.2, 0.25) is 0 Å². The maximum Gasteiger partial charge on any atom is 0.158 e. The summed E-state index contributed by atoms with van der Waals surface area (Å²) in [5.41, 5.74) is 1.33. The molecule has 3 rings (SSSR count). The Kier molecular flexibility index (Phi) is 3.11. The molecule has 1 heterocycles. The molecule has 1 aromatic heterocycles. The molecule has 1 fully saturated rings. The third-order valence-electron chi connectivity index (χ3n) is 3.92. The Labute approximate surface area is 113 Å². The van der Waals surface area contributed by atoms with E-state index in [9.17, 15) is 5.11 Å². The van der Waals surface area contributed by atoms with E-state index in [0.717, 1.165) is 31.6 Å². The Morgan fingerprint density at radius 3 is 2.53 bits per heavy atom. The van der Waals surface area contributed by atoms with Crippen molar-refractivity contribution in [2.45, 2.75) is 44.8 Å². The summed E-state index contributed by atoms with van der Waals surface area (Å²) in [4.78, 5) is 0. The average Bonchev–Trinajstić information content (AvgIpc) is 3.17. The van der Waals surface area contributed by atoms with E-state index in [4.69, 9.17) is 0 Å². The van der Waals surface area contributed by atoms with Crippen LogP contribution in [0.25, 0.3) is 0 Å². The van der Waals surface area contributed by atoms with Gasteiger partial charge in [0.15, 0.2) is 5.82 Å². The minimum absolute atomic E-state index is 0.0247. The van der Waals surface area contributed by atoms with Crippen molar-refractivity contribution < 1.29 is 5.11 Å². The van der Waals surface area contributed by atoms with Gasteiger partial charge in [-0.15, -0.1) is 10.2 Å². The van der Waals surface area contributed by atoms with Crippen molar-refractivity contribution in [2.24, 2.45) is 0 Å². The van der Waals surface area contributed by atoms with Crippen molar-refractivity contribution in [1.82, 2.24) is 14.8 Å². The van der Waals surface area contributed by atoms with Gasteiger partial charge in [0.1, 0.15) is 12.4 Å². The topological polar surface area (TPSA) is 50.9 Å². The van der Waals surface area contributed by atoms with Crippen LogP contribution in [0.1, 0.15) is 43.4 Å². The Morgan fingerprint density at radius 2 is 1.95 bits per heavy atom. The molecule has 0 atom stereocenters. The molecule has 1 aliphatic rings. The quantitative estimate of drug-likeness (QED) is 0.894. The number of rotatable bonds is 5. The number of aromatic nitrogens is 3. The number of hydrogen-bond acceptors (Lipinski definition) is 3. The number of nitrogens with zero attached hydrogens (tertiary/aromatic N) is 3. The van der Waals surface area contributed by atoms with Crippen molar-refractivity contribution in [2.75, 3.05) is 0 Å². The highest BCUT2D eigenvalue weighted by atomic mass is 16.3. The smallest absolute Gasteiger partial charge is 0.158 e. The fourth-order valence-electron chi connectivity index (χ4n) is 2.79. The molecule has 1 aromatic carbocycles. The summed E-state index contributed by atoms with van der Waals surface area (Å²) in [5, 5.41) is 17.9. The van der Waals surface area contributed by atoms with Crippen molar-refractivity contribution in [3.8, 4) is 0 Å². The summed E-state index contributed by atoms with van der Waals surface area (Å²) in [6.07, 6.45) is 3.25. The maximum atomic E-state index is 9.39. The number of aliphatic hydroxyl groups excluding tert-OH is 1. The first-order valence-corrected chi connectivity index (χ1v) is 6.91. The lowest BCUT2D eigenvalue weighted by atomic mass is 9.95. The van der Waals surface area contributed by atoms with Crippen LogP contribution in [-0.2, 0) is 18.6 Å². The molecule has 0 aliphatic heterocycles. The second-order valence-corrected chi connectivity index (χ2v) is 5.20. The van der Waals surface area contributed by atoms with Gasteiger partial charge < -0.3 is 9.67 Å². The Bertz CT molecular complexity index is 558. The zero-order valence-corrected chi connectivity index (χ0v) is 11.2. The molecule has 2 aromatic rings. The van der Waals surface area contributed by atoms with Gasteiger partial charge in [-0.25, -0.2) is 0 Å². The predicted molar refractivity (Wildman–Crippen MR) is 72.7 cm³/mol. The lowest BCUT2D eigenvalue weighted by Crippen LogP contribution is -2.18. The molecular weight excluding hydrogens is 238 g/mol. The average molecular weight is 257 g/mol. The van der Waals surface area contributed by atoms with E-state index in [1.54, 1.807) is 0 Å². The SMILES string of the molecule is CCCn1c(CO)nnc1C1(c2ccccc2)CC1. The number of benzene rings is 1. The molecule has 1 N–H and O–H groups in total. The Morgan fingerprint density at radius 1 is 1.21 bits per heavy atom. The lowest BCUT2D eigenvalue weighted by molar-refractivity contribution is 0.263. The highest BCUT2D eigenvalue weighted by Gasteiger charge is 2.50. The van der Waals surface area contributed by atoms with Gasteiger partial charge in [-0.1, -0.05) is 37.3 Å². The van der Waals surface area contributed by atoms with Crippen molar-refractivity contribution in [3.05, 3.63) is 47.5 Å². The highest BCUT2D eigenvalue weighted by molar-refractivity contribution is 5.39. The third-order valence-corrected chi connectivity index (χ3v) is 3.92. The molecule has 0 unspecified atom stereocenters. The summed E-state index contributed by atoms with van der Waals surface area (Å²) < 4.78 is 2.10. The standard InChI is InChI=1S/C15H19N3O/c1-2-10-18-13(11-19)16-17-14(18)15(8-9-15)12-6-4-3-5-7-12/h3-7,19H,2,8-11H2,1H3. The molecule has 4 heteroatoms. The van der Waals surface area contributed by atoms with Crippen molar-refractivity contribution >= 4 is 0 Å². The Balaban J connectivity index is 2.05. The highest BCUT2D eigenvalue weighted by Crippen LogP contribution is 2.52. The maximum absolute atomic E-state index is 9.39. The molecule has 1 aliphatic carbocycles. The van der Waals surface area contributed by atoms with Crippen LogP contribution in [-0.4, -0.2) is 19.9 Å². The third kappa shape index (κ3) is 1.96. The molecule has 100 valence electrons. The molecule has 0 bridgehead atoms. The van der Waals surface area contributed by atoms with E-state index in [1.807, 2.05) is 6.07 Å². The van der Waals surface area contributed by atoms with Gasteiger partial charge in [0.25, 0.3) is 0 Å². The first-order chi connectivity index (χ1) is 9.31. The van der Waals surface area contributed by atoms with Gasteiger partial charge in [0.05, 0.1) is 5.41 Å². The Hall–Kier alpha value is -1.68. The zero-order valence-electron chi connectivity index (χ0n) is 11.2. The molecule has 1 saturated carbocycles. The van der Waals surface area contributed by atoms with Crippen LogP contribution in [0.15, 0.2) is 30.3 Å². The molecular formula is C15H19N3O. The van der Waals surface area contributed by atoms with E-state index >= 15 is 0 Å². The van der Waals surface area contributed by atoms with Crippen LogP contribution in [0.4, 0.5) is 0 Å². The lowest BCUT2D eigenvalue weighted by Gasteiger charge is -2.17. The van der Waals surface area contributed by atoms with Crippen LogP contribution in [0.2, 0.25) is 0 Å². The summed E-state index contributed by atoms with van der Waals surface area (Å²) in [7, 11) is 0. The van der Waals surface area contributed by atoms with Crippen LogP contribution < -0.4 is 0 Å². The second-order valence-electron chi connectivity index (χ2n) is 5.20. The first-order valence-electron chi connectivity index (χ1n) is 6.91. The van der Waals surface area contributed by atoms with Crippen LogP contribution in [0, 0.1) is 0 Å². The summed E-state index contributed by atoms with van der Waals surface area (Å²) in [6.45, 7) is 2.96. The fraction of sp³-hybridized carbons (Fsp3) is 0.467. The van der Waals surface area contributed by atoms with Crippen LogP contribution in [0.5, 0.6) is 0 Å². The van der Waals surface area contributed by atoms with Crippen molar-refractivity contribution in [1.29, 1.82) is 0 Å². The van der Waals surface area contributed by atoms with Gasteiger partial charge >= 0.3 is 0 Å². The van der Waals surface area contributed by atoms with E-state index in [0.29, 0.717) is 5.82 Å². The molecule has 0 amide bonds. The number of hydrogen-bond donors (Lipinski definition) is 1. The molecule has 19 heavy (non-hydrogen) atoms. The van der Waals surface area contributed by atoms with Gasteiger partial charge in [-0.2, -0.15) is 0 Å². The predicted octanol–water partition coefficient (Wildman–Crippen LogP) is 2.26. The van der Waals surface area contributed by atoms with E-state index in [1.165, 1.54) is 5.56 Å². The van der Waals surface area contributed by atoms with Gasteiger partial charge in [0, 0.05) is 6.54 Å². The van der Waals surface area contributed by atoms with Crippen LogP contribution in [0.3, 0.4) is 0 Å². The minimum Gasteiger partial charge on any atom is -0.388 e. The first kappa shape index (κ1) is 12.4. The zero-order chi connectivity index (χ0) is 13.3. The molecule has 0 spiro atoms. The van der Waals surface area contributed by atoms with Crippen molar-refractivity contribution in [3.63, 3.8) is 0 Å². The number of aliphatic hydroxyl groups is 1. The fourth-order valence-corrected chi connectivity index (χ4v) is 2.79. The minimum atomic E-state index is -0.0438. The van der Waals surface area contributed by atoms with E-state index in [2.05, 4.69) is 46.0 Å². The van der Waals surface area contributed by atoms with E-state index in [-0.39, 0.29) is 12.0 Å². The van der Waals surface area contributed by atoms with Gasteiger partial charge in [-0.05, 0) is 24.8 Å². The summed E-state index contributed by atoms with van der Waals surface area (Å²) in [6, 6.07) is 10.5. The largest absolute Gasteiger partial charge is 0.388 e. The van der Waals surface area contributed by atoms with Gasteiger partial charge in [-0.3, -0.25) is 0 Å². The van der Waals surface area contributed by atoms with E-state index < -0.39 is 0 Å². The molecule has 0 saturated heterocycles. The summed E-state index contributed by atoms with van der Waals surface area (Å²) in [5.74, 6) is 1.70. The summed E-state index contributed by atoms with van der Waals surface area (Å²) >= 11 is 0. The second kappa shape index (κ2) is 4.78. The van der Waals surface area contributed by atoms with Crippen LogP contribution >= 0.6 is 0 Å². The molecule has 0 radical (unpaired) electrons. The molecule has 4 nitrogen and oxygen atoms in total.